The average Bonchev–Trinajstić information content (AvgIpc) is 3.22. The van der Waals surface area contributed by atoms with Crippen molar-refractivity contribution < 1.29 is 0 Å². The van der Waals surface area contributed by atoms with E-state index >= 15 is 0 Å². The van der Waals surface area contributed by atoms with E-state index in [1.165, 1.54) is 5.56 Å². The molecule has 0 aliphatic carbocycles. The van der Waals surface area contributed by atoms with Gasteiger partial charge in [-0.05, 0) is 18.7 Å². The number of hydrogen-bond donors (Lipinski definition) is 1. The molecule has 0 bridgehead atoms. The Morgan fingerprint density at radius 2 is 1.90 bits per heavy atom. The Morgan fingerprint density at radius 1 is 1.10 bits per heavy atom. The second-order valence-electron chi connectivity index (χ2n) is 7.12. The highest BCUT2D eigenvalue weighted by molar-refractivity contribution is 7.13. The summed E-state index contributed by atoms with van der Waals surface area (Å²) in [4.78, 5) is 18.2. The Bertz CT molecular complexity index is 860. The fraction of sp³-hybridized carbons (Fsp3) is 0.381. The lowest BCUT2D eigenvalue weighted by Crippen LogP contribution is -2.48. The van der Waals surface area contributed by atoms with Gasteiger partial charge in [-0.1, -0.05) is 30.3 Å². The van der Waals surface area contributed by atoms with E-state index in [0.29, 0.717) is 11.9 Å². The lowest BCUT2D eigenvalue weighted by atomic mass is 10.0. The van der Waals surface area contributed by atoms with Crippen molar-refractivity contribution in [1.29, 1.82) is 0 Å². The minimum Gasteiger partial charge on any atom is -0.310 e. The van der Waals surface area contributed by atoms with Crippen LogP contribution in [-0.4, -0.2) is 64.5 Å². The van der Waals surface area contributed by atoms with Crippen LogP contribution in [0, 0.1) is 0 Å². The summed E-state index contributed by atoms with van der Waals surface area (Å²) in [5.74, 6) is 0.696. The molecule has 2 aromatic heterocycles. The van der Waals surface area contributed by atoms with Crippen LogP contribution in [-0.2, 0) is 6.54 Å². The van der Waals surface area contributed by atoms with Crippen LogP contribution in [0.25, 0.3) is 10.8 Å². The van der Waals surface area contributed by atoms with E-state index in [4.69, 9.17) is 0 Å². The van der Waals surface area contributed by atoms with Crippen molar-refractivity contribution in [2.24, 2.45) is 0 Å². The van der Waals surface area contributed by atoms with E-state index in [9.17, 15) is 0 Å². The third-order valence-corrected chi connectivity index (χ3v) is 5.96. The quantitative estimate of drug-likeness (QED) is 0.581. The molecule has 1 aliphatic heterocycles. The zero-order chi connectivity index (χ0) is 19.2. The number of hydrogen-bond acceptors (Lipinski definition) is 7. The zero-order valence-electron chi connectivity index (χ0n) is 16.6. The third-order valence-electron chi connectivity index (χ3n) is 5.07. The van der Waals surface area contributed by atoms with Crippen LogP contribution in [0.3, 0.4) is 0 Å². The van der Waals surface area contributed by atoms with Gasteiger partial charge in [-0.15, -0.1) is 23.7 Å². The number of aromatic nitrogens is 3. The van der Waals surface area contributed by atoms with E-state index in [2.05, 4.69) is 72.8 Å². The lowest BCUT2D eigenvalue weighted by Gasteiger charge is -2.40. The molecule has 4 rings (SSSR count). The molecule has 154 valence electrons. The van der Waals surface area contributed by atoms with Gasteiger partial charge < -0.3 is 10.2 Å². The summed E-state index contributed by atoms with van der Waals surface area (Å²) in [5.41, 5.74) is 2.45. The first kappa shape index (κ1) is 21.8. The van der Waals surface area contributed by atoms with Crippen LogP contribution in [0.2, 0.25) is 0 Å². The van der Waals surface area contributed by atoms with E-state index < -0.39 is 0 Å². The van der Waals surface area contributed by atoms with Gasteiger partial charge >= 0.3 is 0 Å². The summed E-state index contributed by atoms with van der Waals surface area (Å²) < 4.78 is 0. The Hall–Kier alpha value is -1.90. The smallest absolute Gasteiger partial charge is 0.188 e. The Labute approximate surface area is 182 Å². The summed E-state index contributed by atoms with van der Waals surface area (Å²) in [7, 11) is 2.21. The molecule has 1 saturated heterocycles. The van der Waals surface area contributed by atoms with Crippen molar-refractivity contribution in [3.63, 3.8) is 0 Å². The number of nitrogens with zero attached hydrogens (tertiary/aromatic N) is 5. The van der Waals surface area contributed by atoms with E-state index in [0.717, 1.165) is 50.0 Å². The van der Waals surface area contributed by atoms with Gasteiger partial charge in [0.2, 0.25) is 0 Å². The highest BCUT2D eigenvalue weighted by Gasteiger charge is 2.25. The molecule has 1 unspecified atom stereocenters. The highest BCUT2D eigenvalue weighted by Crippen LogP contribution is 2.24. The number of halogens is 1. The standard InChI is InChI=1S/C21H26N6S.ClH/c1-26-12-13-27(19(15-26)17-6-3-2-4-7-17)11-10-22-14-18-16-28-21(25-18)20-23-8-5-9-24-20;/h2-9,16,19,22H,10-15H2,1H3;1H. The third kappa shape index (κ3) is 5.81. The molecule has 0 radical (unpaired) electrons. The molecule has 29 heavy (non-hydrogen) atoms. The zero-order valence-corrected chi connectivity index (χ0v) is 18.2. The first-order chi connectivity index (χ1) is 13.8. The number of thiazole rings is 1. The molecule has 1 fully saturated rings. The molecule has 3 aromatic rings. The molecule has 0 saturated carbocycles. The van der Waals surface area contributed by atoms with Gasteiger partial charge in [-0.25, -0.2) is 15.0 Å². The van der Waals surface area contributed by atoms with Crippen molar-refractivity contribution in [1.82, 2.24) is 30.1 Å². The predicted molar refractivity (Wildman–Crippen MR) is 120 cm³/mol. The molecule has 1 aliphatic rings. The molecule has 6 nitrogen and oxygen atoms in total. The summed E-state index contributed by atoms with van der Waals surface area (Å²) in [6.07, 6.45) is 3.50. The van der Waals surface area contributed by atoms with E-state index in [-0.39, 0.29) is 12.4 Å². The van der Waals surface area contributed by atoms with Crippen LogP contribution < -0.4 is 5.32 Å². The number of nitrogens with one attached hydrogen (secondary N) is 1. The topological polar surface area (TPSA) is 57.2 Å². The SMILES string of the molecule is CN1CCN(CCNCc2csc(-c3ncccn3)n2)C(c2ccccc2)C1.Cl. The van der Waals surface area contributed by atoms with Crippen molar-refractivity contribution in [3.05, 3.63) is 65.4 Å². The second kappa shape index (κ2) is 10.8. The number of piperazine rings is 1. The monoisotopic (exact) mass is 430 g/mol. The van der Waals surface area contributed by atoms with Gasteiger partial charge in [0.05, 0.1) is 5.69 Å². The fourth-order valence-electron chi connectivity index (χ4n) is 3.56. The van der Waals surface area contributed by atoms with Gasteiger partial charge in [-0.3, -0.25) is 4.90 Å². The summed E-state index contributed by atoms with van der Waals surface area (Å²) >= 11 is 1.59. The molecular formula is C21H27ClN6S. The fourth-order valence-corrected chi connectivity index (χ4v) is 4.32. The van der Waals surface area contributed by atoms with Gasteiger partial charge in [0.25, 0.3) is 0 Å². The first-order valence-electron chi connectivity index (χ1n) is 9.69. The molecule has 1 aromatic carbocycles. The summed E-state index contributed by atoms with van der Waals surface area (Å²) in [6, 6.07) is 13.1. The summed E-state index contributed by atoms with van der Waals surface area (Å²) in [6.45, 7) is 6.05. The molecule has 1 N–H and O–H groups in total. The van der Waals surface area contributed by atoms with Crippen LogP contribution in [0.1, 0.15) is 17.3 Å². The van der Waals surface area contributed by atoms with Crippen LogP contribution in [0.15, 0.2) is 54.2 Å². The molecule has 0 amide bonds. The molecule has 0 spiro atoms. The maximum Gasteiger partial charge on any atom is 0.188 e. The van der Waals surface area contributed by atoms with E-state index in [1.807, 2.05) is 6.07 Å². The van der Waals surface area contributed by atoms with Gasteiger partial charge in [0.1, 0.15) is 0 Å². The van der Waals surface area contributed by atoms with Crippen molar-refractivity contribution in [2.75, 3.05) is 39.8 Å². The Morgan fingerprint density at radius 3 is 2.69 bits per heavy atom. The molecule has 8 heteroatoms. The van der Waals surface area contributed by atoms with Crippen molar-refractivity contribution in [2.45, 2.75) is 12.6 Å². The summed E-state index contributed by atoms with van der Waals surface area (Å²) in [5, 5.41) is 6.51. The minimum atomic E-state index is 0. The first-order valence-corrected chi connectivity index (χ1v) is 10.6. The highest BCUT2D eigenvalue weighted by atomic mass is 35.5. The Kier molecular flexibility index (Phi) is 8.09. The predicted octanol–water partition coefficient (Wildman–Crippen LogP) is 3.10. The van der Waals surface area contributed by atoms with Crippen molar-refractivity contribution in [3.8, 4) is 10.8 Å². The van der Waals surface area contributed by atoms with E-state index in [1.54, 1.807) is 23.7 Å². The van der Waals surface area contributed by atoms with Crippen molar-refractivity contribution >= 4 is 23.7 Å². The number of likely N-dealkylation sites (N-methyl/N-ethyl adjacent to an activating group) is 1. The lowest BCUT2D eigenvalue weighted by molar-refractivity contribution is 0.0906. The molecular weight excluding hydrogens is 404 g/mol. The van der Waals surface area contributed by atoms with Crippen LogP contribution in [0.4, 0.5) is 0 Å². The molecule has 1 atom stereocenters. The Balaban J connectivity index is 0.00000240. The van der Waals surface area contributed by atoms with Crippen LogP contribution >= 0.6 is 23.7 Å². The normalized spacial score (nSPS) is 17.8. The van der Waals surface area contributed by atoms with Gasteiger partial charge in [0.15, 0.2) is 10.8 Å². The minimum absolute atomic E-state index is 0. The van der Waals surface area contributed by atoms with Gasteiger partial charge in [0, 0.05) is 63.1 Å². The number of benzene rings is 1. The second-order valence-corrected chi connectivity index (χ2v) is 7.98. The number of rotatable bonds is 7. The maximum atomic E-state index is 4.65. The van der Waals surface area contributed by atoms with Gasteiger partial charge in [-0.2, -0.15) is 0 Å². The largest absolute Gasteiger partial charge is 0.310 e. The van der Waals surface area contributed by atoms with Crippen LogP contribution in [0.5, 0.6) is 0 Å². The molecule has 3 heterocycles. The maximum absolute atomic E-state index is 4.65. The average molecular weight is 431 g/mol.